The van der Waals surface area contributed by atoms with E-state index in [1.165, 1.54) is 0 Å². The van der Waals surface area contributed by atoms with Crippen LogP contribution in [0.2, 0.25) is 0 Å². The molecule has 36 heavy (non-hydrogen) atoms. The molecule has 164 valence electrons. The van der Waals surface area contributed by atoms with Crippen molar-refractivity contribution in [2.75, 3.05) is 0 Å². The molecule has 6 rings (SSSR count). The quantitative estimate of drug-likeness (QED) is 0.270. The third-order valence-corrected chi connectivity index (χ3v) is 6.24. The molecule has 6 aromatic rings. The van der Waals surface area contributed by atoms with E-state index in [9.17, 15) is 10.5 Å². The van der Waals surface area contributed by atoms with E-state index in [-0.39, 0.29) is 0 Å². The molecule has 2 heterocycles. The van der Waals surface area contributed by atoms with Gasteiger partial charge in [-0.25, -0.2) is 0 Å². The number of rotatable bonds is 2. The molecule has 0 saturated carbocycles. The molecule has 0 N–H and O–H groups in total. The normalized spacial score (nSPS) is 10.7. The summed E-state index contributed by atoms with van der Waals surface area (Å²) in [4.78, 5) is 0. The lowest BCUT2D eigenvalue weighted by atomic mass is 9.94. The standard InChI is InChI=1S/C30H12N4O2/c31-13-17-1-5-19(6-2-17)25-11-23-27(35-25)9-21(15-33)30-24-12-26(20-7-3-18(14-32)4-8-20)36-28(24)10-22(16-34)29(23)30/h1-12H. The zero-order valence-electron chi connectivity index (χ0n) is 18.5. The Morgan fingerprint density at radius 2 is 0.861 bits per heavy atom. The highest BCUT2D eigenvalue weighted by Gasteiger charge is 2.20. The molecule has 0 bridgehead atoms. The highest BCUT2D eigenvalue weighted by molar-refractivity contribution is 6.21. The van der Waals surface area contributed by atoms with E-state index >= 15 is 0 Å². The van der Waals surface area contributed by atoms with Crippen LogP contribution >= 0.6 is 0 Å². The van der Waals surface area contributed by atoms with Crippen molar-refractivity contribution in [3.8, 4) is 46.9 Å². The van der Waals surface area contributed by atoms with Crippen LogP contribution in [0, 0.1) is 45.3 Å². The molecule has 0 radical (unpaired) electrons. The molecule has 0 spiro atoms. The van der Waals surface area contributed by atoms with Crippen molar-refractivity contribution in [1.29, 1.82) is 21.0 Å². The van der Waals surface area contributed by atoms with Crippen molar-refractivity contribution in [3.05, 3.63) is 95.1 Å². The molecule has 4 aromatic carbocycles. The van der Waals surface area contributed by atoms with Gasteiger partial charge in [-0.2, -0.15) is 21.0 Å². The zero-order valence-corrected chi connectivity index (χ0v) is 18.5. The average molecular weight is 460 g/mol. The molecular formula is C30H12N4O2. The van der Waals surface area contributed by atoms with Crippen LogP contribution in [0.3, 0.4) is 0 Å². The molecule has 2 aromatic heterocycles. The van der Waals surface area contributed by atoms with Crippen LogP contribution < -0.4 is 0 Å². The lowest BCUT2D eigenvalue weighted by Gasteiger charge is -2.05. The number of nitriles is 4. The first-order chi connectivity index (χ1) is 17.6. The molecule has 6 nitrogen and oxygen atoms in total. The van der Waals surface area contributed by atoms with Crippen LogP contribution in [0.25, 0.3) is 55.4 Å². The van der Waals surface area contributed by atoms with Crippen LogP contribution in [0.5, 0.6) is 0 Å². The van der Waals surface area contributed by atoms with Gasteiger partial charge in [-0.1, -0.05) is 0 Å². The fourth-order valence-corrected chi connectivity index (χ4v) is 4.53. The Bertz CT molecular complexity index is 1870. The van der Waals surface area contributed by atoms with Crippen molar-refractivity contribution >= 4 is 32.7 Å². The van der Waals surface area contributed by atoms with E-state index in [4.69, 9.17) is 19.4 Å². The summed E-state index contributed by atoms with van der Waals surface area (Å²) in [5, 5.41) is 40.8. The average Bonchev–Trinajstić information content (AvgIpc) is 3.56. The maximum Gasteiger partial charge on any atom is 0.136 e. The fourth-order valence-electron chi connectivity index (χ4n) is 4.53. The highest BCUT2D eigenvalue weighted by atomic mass is 16.3. The largest absolute Gasteiger partial charge is 0.456 e. The minimum Gasteiger partial charge on any atom is -0.456 e. The SMILES string of the molecule is N#Cc1ccc(-c2cc3c(cc(C#N)c4c5cc(-c6ccc(C#N)cc6)oc5cc(C#N)c34)o2)cc1. The van der Waals surface area contributed by atoms with Gasteiger partial charge in [-0.05, 0) is 72.8 Å². The molecule has 0 fully saturated rings. The van der Waals surface area contributed by atoms with Gasteiger partial charge in [0.25, 0.3) is 0 Å². The van der Waals surface area contributed by atoms with Crippen molar-refractivity contribution in [1.82, 2.24) is 0 Å². The highest BCUT2D eigenvalue weighted by Crippen LogP contribution is 2.41. The Morgan fingerprint density at radius 3 is 1.19 bits per heavy atom. The van der Waals surface area contributed by atoms with Crippen molar-refractivity contribution in [2.45, 2.75) is 0 Å². The molecule has 0 aliphatic carbocycles. The van der Waals surface area contributed by atoms with Crippen LogP contribution in [0.4, 0.5) is 0 Å². The van der Waals surface area contributed by atoms with Gasteiger partial charge in [0.1, 0.15) is 22.7 Å². The van der Waals surface area contributed by atoms with Crippen molar-refractivity contribution < 1.29 is 8.83 Å². The minimum atomic E-state index is 0.368. The second kappa shape index (κ2) is 7.89. The van der Waals surface area contributed by atoms with Gasteiger partial charge < -0.3 is 8.83 Å². The summed E-state index contributed by atoms with van der Waals surface area (Å²) in [7, 11) is 0. The van der Waals surface area contributed by atoms with E-state index in [0.717, 1.165) is 11.1 Å². The van der Waals surface area contributed by atoms with Crippen LogP contribution in [-0.2, 0) is 0 Å². The van der Waals surface area contributed by atoms with Gasteiger partial charge in [0.15, 0.2) is 0 Å². The molecule has 0 aliphatic heterocycles. The first-order valence-electron chi connectivity index (χ1n) is 10.9. The van der Waals surface area contributed by atoms with Crippen LogP contribution in [-0.4, -0.2) is 0 Å². The summed E-state index contributed by atoms with van der Waals surface area (Å²) < 4.78 is 12.2. The fraction of sp³-hybridized carbons (Fsp3) is 0. The molecule has 0 aliphatic rings. The van der Waals surface area contributed by atoms with Crippen LogP contribution in [0.1, 0.15) is 22.3 Å². The van der Waals surface area contributed by atoms with Gasteiger partial charge in [0.2, 0.25) is 0 Å². The monoisotopic (exact) mass is 460 g/mol. The van der Waals surface area contributed by atoms with Gasteiger partial charge in [-0.3, -0.25) is 0 Å². The van der Waals surface area contributed by atoms with E-state index in [1.54, 1.807) is 60.7 Å². The predicted octanol–water partition coefficient (Wildman–Crippen LogP) is 7.15. The Kier molecular flexibility index (Phi) is 4.55. The zero-order chi connectivity index (χ0) is 24.8. The summed E-state index contributed by atoms with van der Waals surface area (Å²) in [5.74, 6) is 1.14. The summed E-state index contributed by atoms with van der Waals surface area (Å²) in [5.41, 5.74) is 4.36. The topological polar surface area (TPSA) is 121 Å². The second-order valence-electron chi connectivity index (χ2n) is 8.25. The molecule has 0 amide bonds. The first kappa shape index (κ1) is 20.8. The third kappa shape index (κ3) is 3.08. The Morgan fingerprint density at radius 1 is 0.472 bits per heavy atom. The minimum absolute atomic E-state index is 0.368. The number of benzene rings is 4. The predicted molar refractivity (Wildman–Crippen MR) is 133 cm³/mol. The molecule has 6 heteroatoms. The summed E-state index contributed by atoms with van der Waals surface area (Å²) in [6.45, 7) is 0. The number of fused-ring (bicyclic) bond motifs is 5. The summed E-state index contributed by atoms with van der Waals surface area (Å²) in [6.07, 6.45) is 0. The number of furan rings is 2. The maximum atomic E-state index is 10.0. The van der Waals surface area contributed by atoms with E-state index < -0.39 is 0 Å². The molecular weight excluding hydrogens is 448 g/mol. The Labute approximate surface area is 204 Å². The number of hydrogen-bond donors (Lipinski definition) is 0. The molecule has 0 saturated heterocycles. The Balaban J connectivity index is 1.64. The Hall–Kier alpha value is -5.82. The molecule has 0 atom stereocenters. The number of nitrogens with zero attached hydrogens (tertiary/aromatic N) is 4. The van der Waals surface area contributed by atoms with Crippen molar-refractivity contribution in [2.24, 2.45) is 0 Å². The van der Waals surface area contributed by atoms with Crippen molar-refractivity contribution in [3.63, 3.8) is 0 Å². The van der Waals surface area contributed by atoms with Gasteiger partial charge >= 0.3 is 0 Å². The van der Waals surface area contributed by atoms with Gasteiger partial charge in [-0.15, -0.1) is 0 Å². The van der Waals surface area contributed by atoms with E-state index in [2.05, 4.69) is 24.3 Å². The maximum absolute atomic E-state index is 10.0. The summed E-state index contributed by atoms with van der Waals surface area (Å²) >= 11 is 0. The lowest BCUT2D eigenvalue weighted by molar-refractivity contribution is 0.631. The third-order valence-electron chi connectivity index (χ3n) is 6.24. The van der Waals surface area contributed by atoms with E-state index in [1.807, 2.05) is 12.1 Å². The molecule has 0 unspecified atom stereocenters. The number of hydrogen-bond acceptors (Lipinski definition) is 6. The van der Waals surface area contributed by atoms with Gasteiger partial charge in [0, 0.05) is 32.7 Å². The van der Waals surface area contributed by atoms with Crippen LogP contribution in [0.15, 0.2) is 81.6 Å². The lowest BCUT2D eigenvalue weighted by Crippen LogP contribution is -1.86. The van der Waals surface area contributed by atoms with Gasteiger partial charge in [0.05, 0.1) is 46.5 Å². The van der Waals surface area contributed by atoms with E-state index in [0.29, 0.717) is 66.5 Å². The first-order valence-corrected chi connectivity index (χ1v) is 10.9. The second-order valence-corrected chi connectivity index (χ2v) is 8.25. The summed E-state index contributed by atoms with van der Waals surface area (Å²) in [6, 6.07) is 29.8. The smallest absolute Gasteiger partial charge is 0.136 e.